The minimum absolute atomic E-state index is 0.110. The molecule has 0 saturated carbocycles. The molecule has 1 saturated heterocycles. The molecule has 1 heterocycles. The SMILES string of the molecule is CCOC(=O)C(CC1COC1)c1ccc(C)cc1C. The van der Waals surface area contributed by atoms with Gasteiger partial charge in [0, 0.05) is 5.92 Å². The maximum absolute atomic E-state index is 12.2. The van der Waals surface area contributed by atoms with Crippen LogP contribution in [0.5, 0.6) is 0 Å². The van der Waals surface area contributed by atoms with Crippen LogP contribution in [-0.2, 0) is 14.3 Å². The van der Waals surface area contributed by atoms with E-state index in [0.717, 1.165) is 25.2 Å². The largest absolute Gasteiger partial charge is 0.466 e. The minimum atomic E-state index is -0.158. The molecule has 0 spiro atoms. The highest BCUT2D eigenvalue weighted by molar-refractivity contribution is 5.78. The van der Waals surface area contributed by atoms with Gasteiger partial charge in [-0.05, 0) is 38.3 Å². The first-order valence-corrected chi connectivity index (χ1v) is 6.93. The molecule has 19 heavy (non-hydrogen) atoms. The van der Waals surface area contributed by atoms with Crippen molar-refractivity contribution in [1.82, 2.24) is 0 Å². The lowest BCUT2D eigenvalue weighted by Gasteiger charge is -2.29. The zero-order chi connectivity index (χ0) is 13.8. The Labute approximate surface area is 114 Å². The van der Waals surface area contributed by atoms with E-state index in [-0.39, 0.29) is 11.9 Å². The predicted octanol–water partition coefficient (Wildman–Crippen LogP) is 2.99. The van der Waals surface area contributed by atoms with E-state index in [1.807, 2.05) is 6.92 Å². The molecular formula is C16H22O3. The smallest absolute Gasteiger partial charge is 0.313 e. The number of hydrogen-bond donors (Lipinski definition) is 0. The lowest BCUT2D eigenvalue weighted by atomic mass is 9.85. The van der Waals surface area contributed by atoms with Gasteiger partial charge in [-0.15, -0.1) is 0 Å². The fourth-order valence-corrected chi connectivity index (χ4v) is 2.56. The normalized spacial score (nSPS) is 16.8. The van der Waals surface area contributed by atoms with Gasteiger partial charge in [0.15, 0.2) is 0 Å². The quantitative estimate of drug-likeness (QED) is 0.765. The first-order chi connectivity index (χ1) is 9.11. The monoisotopic (exact) mass is 262 g/mol. The average Bonchev–Trinajstić information content (AvgIpc) is 2.29. The van der Waals surface area contributed by atoms with Gasteiger partial charge in [-0.2, -0.15) is 0 Å². The topological polar surface area (TPSA) is 35.5 Å². The third kappa shape index (κ3) is 3.35. The Morgan fingerprint density at radius 2 is 2.16 bits per heavy atom. The summed E-state index contributed by atoms with van der Waals surface area (Å²) in [5, 5.41) is 0. The molecule has 1 unspecified atom stereocenters. The number of esters is 1. The van der Waals surface area contributed by atoms with E-state index < -0.39 is 0 Å². The summed E-state index contributed by atoms with van der Waals surface area (Å²) < 4.78 is 10.4. The molecule has 0 aliphatic carbocycles. The second-order valence-electron chi connectivity index (χ2n) is 5.30. The fourth-order valence-electron chi connectivity index (χ4n) is 2.56. The summed E-state index contributed by atoms with van der Waals surface area (Å²) >= 11 is 0. The van der Waals surface area contributed by atoms with Crippen LogP contribution in [0.2, 0.25) is 0 Å². The van der Waals surface area contributed by atoms with Crippen molar-refractivity contribution in [2.75, 3.05) is 19.8 Å². The van der Waals surface area contributed by atoms with Gasteiger partial charge >= 0.3 is 5.97 Å². The first kappa shape index (κ1) is 14.1. The van der Waals surface area contributed by atoms with Crippen LogP contribution in [0.4, 0.5) is 0 Å². The van der Waals surface area contributed by atoms with E-state index in [4.69, 9.17) is 9.47 Å². The van der Waals surface area contributed by atoms with Gasteiger partial charge in [0.05, 0.1) is 25.7 Å². The van der Waals surface area contributed by atoms with Crippen LogP contribution < -0.4 is 0 Å². The average molecular weight is 262 g/mol. The molecule has 0 N–H and O–H groups in total. The molecule has 3 heteroatoms. The van der Waals surface area contributed by atoms with Crippen molar-refractivity contribution in [2.24, 2.45) is 5.92 Å². The van der Waals surface area contributed by atoms with Crippen LogP contribution in [0.1, 0.15) is 36.0 Å². The standard InChI is InChI=1S/C16H22O3/c1-4-19-16(17)15(8-13-9-18-10-13)14-6-5-11(2)7-12(14)3/h5-7,13,15H,4,8-10H2,1-3H3. The maximum atomic E-state index is 12.2. The van der Waals surface area contributed by atoms with Crippen molar-refractivity contribution in [3.63, 3.8) is 0 Å². The van der Waals surface area contributed by atoms with Crippen LogP contribution in [0.25, 0.3) is 0 Å². The van der Waals surface area contributed by atoms with Gasteiger partial charge in [0.1, 0.15) is 0 Å². The number of benzene rings is 1. The summed E-state index contributed by atoms with van der Waals surface area (Å²) in [6, 6.07) is 6.25. The molecular weight excluding hydrogens is 240 g/mol. The van der Waals surface area contributed by atoms with Crippen molar-refractivity contribution < 1.29 is 14.3 Å². The number of carbonyl (C=O) groups is 1. The van der Waals surface area contributed by atoms with Crippen molar-refractivity contribution in [1.29, 1.82) is 0 Å². The Morgan fingerprint density at radius 1 is 1.42 bits per heavy atom. The highest BCUT2D eigenvalue weighted by Crippen LogP contribution is 2.31. The highest BCUT2D eigenvalue weighted by Gasteiger charge is 2.30. The molecule has 104 valence electrons. The second kappa shape index (κ2) is 6.20. The van der Waals surface area contributed by atoms with Crippen molar-refractivity contribution >= 4 is 5.97 Å². The van der Waals surface area contributed by atoms with Crippen molar-refractivity contribution in [3.8, 4) is 0 Å². The molecule has 0 amide bonds. The Bertz CT molecular complexity index is 449. The van der Waals surface area contributed by atoms with Crippen LogP contribution in [0.15, 0.2) is 18.2 Å². The maximum Gasteiger partial charge on any atom is 0.313 e. The Balaban J connectivity index is 2.21. The van der Waals surface area contributed by atoms with E-state index in [2.05, 4.69) is 32.0 Å². The van der Waals surface area contributed by atoms with Gasteiger partial charge in [-0.25, -0.2) is 0 Å². The van der Waals surface area contributed by atoms with Gasteiger partial charge in [-0.1, -0.05) is 23.8 Å². The highest BCUT2D eigenvalue weighted by atomic mass is 16.5. The van der Waals surface area contributed by atoms with Crippen LogP contribution in [-0.4, -0.2) is 25.8 Å². The first-order valence-electron chi connectivity index (χ1n) is 6.93. The summed E-state index contributed by atoms with van der Waals surface area (Å²) in [5.41, 5.74) is 3.48. The number of aryl methyl sites for hydroxylation is 2. The molecule has 1 aliphatic rings. The molecule has 2 rings (SSSR count). The Morgan fingerprint density at radius 3 is 2.68 bits per heavy atom. The molecule has 1 aliphatic heterocycles. The van der Waals surface area contributed by atoms with Crippen LogP contribution >= 0.6 is 0 Å². The molecule has 0 bridgehead atoms. The number of hydrogen-bond acceptors (Lipinski definition) is 3. The summed E-state index contributed by atoms with van der Waals surface area (Å²) in [6.07, 6.45) is 0.822. The summed E-state index contributed by atoms with van der Waals surface area (Å²) in [4.78, 5) is 12.2. The molecule has 1 aromatic rings. The summed E-state index contributed by atoms with van der Waals surface area (Å²) in [6.45, 7) is 7.94. The zero-order valence-corrected chi connectivity index (χ0v) is 11.9. The Kier molecular flexibility index (Phi) is 4.59. The van der Waals surface area contributed by atoms with Gasteiger partial charge in [0.25, 0.3) is 0 Å². The van der Waals surface area contributed by atoms with E-state index in [1.165, 1.54) is 11.1 Å². The molecule has 3 nitrogen and oxygen atoms in total. The van der Waals surface area contributed by atoms with Crippen molar-refractivity contribution in [2.45, 2.75) is 33.1 Å². The van der Waals surface area contributed by atoms with Gasteiger partial charge in [0.2, 0.25) is 0 Å². The molecule has 0 aromatic heterocycles. The van der Waals surface area contributed by atoms with E-state index in [9.17, 15) is 4.79 Å². The lowest BCUT2D eigenvalue weighted by Crippen LogP contribution is -2.31. The molecule has 0 radical (unpaired) electrons. The molecule has 1 atom stereocenters. The summed E-state index contributed by atoms with van der Waals surface area (Å²) in [7, 11) is 0. The lowest BCUT2D eigenvalue weighted by molar-refractivity contribution is -0.146. The fraction of sp³-hybridized carbons (Fsp3) is 0.562. The van der Waals surface area contributed by atoms with Crippen molar-refractivity contribution in [3.05, 3.63) is 34.9 Å². The second-order valence-corrected chi connectivity index (χ2v) is 5.30. The Hall–Kier alpha value is -1.35. The van der Waals surface area contributed by atoms with E-state index in [0.29, 0.717) is 12.5 Å². The number of ether oxygens (including phenoxy) is 2. The number of rotatable bonds is 5. The number of carbonyl (C=O) groups excluding carboxylic acids is 1. The molecule has 1 aromatic carbocycles. The third-order valence-corrected chi connectivity index (χ3v) is 3.65. The molecule has 1 fully saturated rings. The minimum Gasteiger partial charge on any atom is -0.466 e. The third-order valence-electron chi connectivity index (χ3n) is 3.65. The van der Waals surface area contributed by atoms with E-state index in [1.54, 1.807) is 0 Å². The van der Waals surface area contributed by atoms with E-state index >= 15 is 0 Å². The van der Waals surface area contributed by atoms with Crippen LogP contribution in [0, 0.1) is 19.8 Å². The summed E-state index contributed by atoms with van der Waals surface area (Å²) in [5.74, 6) is 0.214. The van der Waals surface area contributed by atoms with Gasteiger partial charge in [-0.3, -0.25) is 4.79 Å². The van der Waals surface area contributed by atoms with Gasteiger partial charge < -0.3 is 9.47 Å². The predicted molar refractivity (Wildman–Crippen MR) is 74.2 cm³/mol. The zero-order valence-electron chi connectivity index (χ0n) is 11.9. The van der Waals surface area contributed by atoms with Crippen LogP contribution in [0.3, 0.4) is 0 Å².